The van der Waals surface area contributed by atoms with E-state index in [1.165, 1.54) is 0 Å². The van der Waals surface area contributed by atoms with Crippen LogP contribution in [-0.2, 0) is 0 Å². The summed E-state index contributed by atoms with van der Waals surface area (Å²) in [7, 11) is 0. The lowest BCUT2D eigenvalue weighted by atomic mass is 9.98. The molecule has 4 heteroatoms. The zero-order chi connectivity index (χ0) is 17.3. The fourth-order valence-corrected chi connectivity index (χ4v) is 3.40. The van der Waals surface area contributed by atoms with Gasteiger partial charge in [0.15, 0.2) is 0 Å². The van der Waals surface area contributed by atoms with Crippen LogP contribution in [0.25, 0.3) is 22.3 Å². The molecule has 1 aliphatic rings. The number of benzene rings is 2. The number of rotatable bonds is 2. The Balaban J connectivity index is 1.66. The molecule has 26 heavy (non-hydrogen) atoms. The molecule has 0 atom stereocenters. The van der Waals surface area contributed by atoms with Crippen molar-refractivity contribution in [2.75, 3.05) is 10.6 Å². The van der Waals surface area contributed by atoms with E-state index in [4.69, 9.17) is 0 Å². The number of hydrogen-bond donors (Lipinski definition) is 2. The maximum Gasteiger partial charge on any atom is 0.0703 e. The highest BCUT2D eigenvalue weighted by Crippen LogP contribution is 2.46. The first kappa shape index (κ1) is 14.7. The minimum absolute atomic E-state index is 1.07. The van der Waals surface area contributed by atoms with Gasteiger partial charge >= 0.3 is 0 Å². The molecule has 2 aromatic carbocycles. The molecule has 0 saturated heterocycles. The van der Waals surface area contributed by atoms with Crippen LogP contribution in [0.5, 0.6) is 0 Å². The molecule has 2 N–H and O–H groups in total. The Hall–Kier alpha value is -3.66. The molecule has 3 heterocycles. The average Bonchev–Trinajstić information content (AvgIpc) is 2.72. The van der Waals surface area contributed by atoms with E-state index in [9.17, 15) is 0 Å². The van der Waals surface area contributed by atoms with Crippen LogP contribution < -0.4 is 10.6 Å². The second-order valence-electron chi connectivity index (χ2n) is 6.18. The number of para-hydroxylation sites is 2. The van der Waals surface area contributed by atoms with Gasteiger partial charge in [0.2, 0.25) is 0 Å². The van der Waals surface area contributed by atoms with Crippen molar-refractivity contribution in [3.8, 4) is 22.3 Å². The average molecular weight is 336 g/mol. The summed E-state index contributed by atoms with van der Waals surface area (Å²) < 4.78 is 0. The third kappa shape index (κ3) is 2.40. The molecule has 2 aromatic heterocycles. The van der Waals surface area contributed by atoms with E-state index in [0.717, 1.165) is 45.0 Å². The number of nitrogens with one attached hydrogen (secondary N) is 2. The van der Waals surface area contributed by atoms with Crippen LogP contribution in [0.1, 0.15) is 0 Å². The number of pyridine rings is 2. The molecule has 0 aliphatic carbocycles. The van der Waals surface area contributed by atoms with Gasteiger partial charge in [-0.25, -0.2) is 0 Å². The number of nitrogens with zero attached hydrogens (tertiary/aromatic N) is 2. The summed E-state index contributed by atoms with van der Waals surface area (Å²) in [5, 5.41) is 7.24. The highest BCUT2D eigenvalue weighted by molar-refractivity contribution is 6.02. The number of hydrogen-bond acceptors (Lipinski definition) is 4. The van der Waals surface area contributed by atoms with Gasteiger partial charge in [-0.3, -0.25) is 9.97 Å². The second-order valence-corrected chi connectivity index (χ2v) is 6.18. The number of fused-ring (bicyclic) bond motifs is 2. The molecule has 0 fully saturated rings. The summed E-state index contributed by atoms with van der Waals surface area (Å²) >= 11 is 0. The molecule has 124 valence electrons. The van der Waals surface area contributed by atoms with E-state index < -0.39 is 0 Å². The number of anilines is 4. The molecule has 0 amide bonds. The quantitative estimate of drug-likeness (QED) is 0.440. The van der Waals surface area contributed by atoms with Crippen LogP contribution in [0.15, 0.2) is 85.5 Å². The van der Waals surface area contributed by atoms with Crippen LogP contribution in [0, 0.1) is 0 Å². The molecule has 0 bridgehead atoms. The third-order valence-electron chi connectivity index (χ3n) is 4.63. The second kappa shape index (κ2) is 6.01. The van der Waals surface area contributed by atoms with Gasteiger partial charge in [0.1, 0.15) is 0 Å². The molecule has 0 spiro atoms. The first-order valence-corrected chi connectivity index (χ1v) is 8.51. The topological polar surface area (TPSA) is 49.8 Å². The van der Waals surface area contributed by atoms with Gasteiger partial charge in [0.05, 0.1) is 22.7 Å². The lowest BCUT2D eigenvalue weighted by Gasteiger charge is -2.27. The zero-order valence-electron chi connectivity index (χ0n) is 14.0. The van der Waals surface area contributed by atoms with Gasteiger partial charge in [0, 0.05) is 35.9 Å². The molecular formula is C22H16N4. The largest absolute Gasteiger partial charge is 0.352 e. The van der Waals surface area contributed by atoms with E-state index in [1.54, 1.807) is 0 Å². The molecular weight excluding hydrogens is 320 g/mol. The summed E-state index contributed by atoms with van der Waals surface area (Å²) in [4.78, 5) is 8.26. The maximum absolute atomic E-state index is 4.13. The standard InChI is InChI=1S/C22H16N4/c1-3-17(15-7-11-23-12-8-15)21-19(5-1)25-20-6-2-4-18(22(20)26-21)16-9-13-24-14-10-16/h1-14,25-26H. The summed E-state index contributed by atoms with van der Waals surface area (Å²) in [5.74, 6) is 0. The molecule has 0 saturated carbocycles. The van der Waals surface area contributed by atoms with Gasteiger partial charge in [-0.1, -0.05) is 24.3 Å². The van der Waals surface area contributed by atoms with Crippen molar-refractivity contribution in [3.05, 3.63) is 85.5 Å². The van der Waals surface area contributed by atoms with Gasteiger partial charge in [-0.15, -0.1) is 0 Å². The van der Waals surface area contributed by atoms with Crippen LogP contribution in [0.2, 0.25) is 0 Å². The van der Waals surface area contributed by atoms with Crippen molar-refractivity contribution in [3.63, 3.8) is 0 Å². The Bertz CT molecular complexity index is 989. The Morgan fingerprint density at radius 1 is 0.500 bits per heavy atom. The summed E-state index contributed by atoms with van der Waals surface area (Å²) in [6.45, 7) is 0. The highest BCUT2D eigenvalue weighted by atomic mass is 15.0. The monoisotopic (exact) mass is 336 g/mol. The van der Waals surface area contributed by atoms with Gasteiger partial charge in [-0.05, 0) is 47.5 Å². The summed E-state index contributed by atoms with van der Waals surface area (Å²) in [6, 6.07) is 20.7. The van der Waals surface area contributed by atoms with Crippen LogP contribution in [-0.4, -0.2) is 9.97 Å². The zero-order valence-corrected chi connectivity index (χ0v) is 14.0. The van der Waals surface area contributed by atoms with Crippen LogP contribution >= 0.6 is 0 Å². The predicted octanol–water partition coefficient (Wildman–Crippen LogP) is 5.61. The van der Waals surface area contributed by atoms with Crippen molar-refractivity contribution >= 4 is 22.7 Å². The molecule has 4 aromatic rings. The Labute approximate surface area is 151 Å². The molecule has 1 aliphatic heterocycles. The number of aromatic nitrogens is 2. The summed E-state index contributed by atoms with van der Waals surface area (Å²) in [6.07, 6.45) is 7.28. The lowest BCUT2D eigenvalue weighted by Crippen LogP contribution is -2.08. The molecule has 4 nitrogen and oxygen atoms in total. The highest BCUT2D eigenvalue weighted by Gasteiger charge is 2.20. The smallest absolute Gasteiger partial charge is 0.0703 e. The van der Waals surface area contributed by atoms with Crippen LogP contribution in [0.3, 0.4) is 0 Å². The normalized spacial score (nSPS) is 11.7. The van der Waals surface area contributed by atoms with Gasteiger partial charge in [-0.2, -0.15) is 0 Å². The van der Waals surface area contributed by atoms with Crippen molar-refractivity contribution in [2.24, 2.45) is 0 Å². The SMILES string of the molecule is c1cc2c(c(-c3ccncc3)c1)Nc1c(cccc1-c1ccncc1)N2. The van der Waals surface area contributed by atoms with E-state index in [-0.39, 0.29) is 0 Å². The van der Waals surface area contributed by atoms with Gasteiger partial charge in [0.25, 0.3) is 0 Å². The molecule has 0 radical (unpaired) electrons. The molecule has 5 rings (SSSR count). The van der Waals surface area contributed by atoms with Crippen molar-refractivity contribution in [1.29, 1.82) is 0 Å². The van der Waals surface area contributed by atoms with E-state index >= 15 is 0 Å². The minimum atomic E-state index is 1.07. The fraction of sp³-hybridized carbons (Fsp3) is 0. The third-order valence-corrected chi connectivity index (χ3v) is 4.63. The summed E-state index contributed by atoms with van der Waals surface area (Å²) in [5.41, 5.74) is 8.85. The lowest BCUT2D eigenvalue weighted by molar-refractivity contribution is 1.32. The van der Waals surface area contributed by atoms with Crippen LogP contribution in [0.4, 0.5) is 22.7 Å². The van der Waals surface area contributed by atoms with Crippen molar-refractivity contribution < 1.29 is 0 Å². The predicted molar refractivity (Wildman–Crippen MR) is 106 cm³/mol. The molecule has 0 unspecified atom stereocenters. The van der Waals surface area contributed by atoms with E-state index in [2.05, 4.69) is 57.0 Å². The fourth-order valence-electron chi connectivity index (χ4n) is 3.40. The first-order chi connectivity index (χ1) is 12.9. The van der Waals surface area contributed by atoms with Crippen molar-refractivity contribution in [1.82, 2.24) is 9.97 Å². The first-order valence-electron chi connectivity index (χ1n) is 8.51. The van der Waals surface area contributed by atoms with E-state index in [1.807, 2.05) is 49.1 Å². The van der Waals surface area contributed by atoms with Crippen molar-refractivity contribution in [2.45, 2.75) is 0 Å². The Kier molecular flexibility index (Phi) is 3.39. The maximum atomic E-state index is 4.13. The minimum Gasteiger partial charge on any atom is -0.352 e. The van der Waals surface area contributed by atoms with E-state index in [0.29, 0.717) is 0 Å². The Morgan fingerprint density at radius 2 is 0.962 bits per heavy atom. The van der Waals surface area contributed by atoms with Gasteiger partial charge < -0.3 is 10.6 Å². The Morgan fingerprint density at radius 3 is 1.42 bits per heavy atom.